The number of fused-ring (bicyclic) bond motifs is 3. The van der Waals surface area contributed by atoms with E-state index < -0.39 is 5.79 Å². The standard InChI is InChI=1S/C31H41N3O5/c1-17-14-18(2)32-28(35)22(17)15-34-16-31(12-13-31)24-23(29(34)36)19(3)25-27(26(24)37-7)39-30(4,38-25)20-8-10-21(11-9-20)33(5)6/h14,20-21H,8-13,15-16H2,1-7H3,(H,32,35)/t20?,21?,30-/m1/s1. The smallest absolute Gasteiger partial charge is 0.255 e. The molecule has 1 spiro atoms. The number of pyridine rings is 1. The number of ether oxygens (including phenoxy) is 3. The van der Waals surface area contributed by atoms with Crippen LogP contribution in [-0.2, 0) is 12.0 Å². The molecule has 8 heteroatoms. The fourth-order valence-corrected chi connectivity index (χ4v) is 7.32. The molecule has 8 nitrogen and oxygen atoms in total. The largest absolute Gasteiger partial charge is 0.492 e. The fourth-order valence-electron chi connectivity index (χ4n) is 7.32. The Hall–Kier alpha value is -3.00. The molecule has 2 fully saturated rings. The summed E-state index contributed by atoms with van der Waals surface area (Å²) in [6.07, 6.45) is 6.20. The molecule has 0 radical (unpaired) electrons. The minimum Gasteiger partial charge on any atom is -0.492 e. The van der Waals surface area contributed by atoms with E-state index in [0.717, 1.165) is 60.9 Å². The Kier molecular flexibility index (Phi) is 6.06. The van der Waals surface area contributed by atoms with Crippen LogP contribution < -0.4 is 19.8 Å². The maximum atomic E-state index is 14.1. The van der Waals surface area contributed by atoms with Gasteiger partial charge in [0.25, 0.3) is 17.3 Å². The van der Waals surface area contributed by atoms with Gasteiger partial charge in [0.15, 0.2) is 11.5 Å². The van der Waals surface area contributed by atoms with Crippen LogP contribution in [0, 0.1) is 26.7 Å². The minimum atomic E-state index is -0.798. The number of hydrogen-bond acceptors (Lipinski definition) is 6. The molecule has 210 valence electrons. The van der Waals surface area contributed by atoms with Gasteiger partial charge in [0.2, 0.25) is 5.75 Å². The zero-order valence-corrected chi connectivity index (χ0v) is 24.3. The topological polar surface area (TPSA) is 84.1 Å². The summed E-state index contributed by atoms with van der Waals surface area (Å²) >= 11 is 0. The van der Waals surface area contributed by atoms with E-state index in [9.17, 15) is 9.59 Å². The number of amides is 1. The molecular weight excluding hydrogens is 494 g/mol. The first-order valence-corrected chi connectivity index (χ1v) is 14.3. The first-order chi connectivity index (χ1) is 18.5. The average Bonchev–Trinajstić information content (AvgIpc) is 3.56. The first kappa shape index (κ1) is 26.2. The van der Waals surface area contributed by atoms with Crippen molar-refractivity contribution in [2.24, 2.45) is 5.92 Å². The number of benzene rings is 1. The summed E-state index contributed by atoms with van der Waals surface area (Å²) in [5.74, 6) is 1.28. The zero-order valence-electron chi connectivity index (χ0n) is 24.3. The minimum absolute atomic E-state index is 0.0794. The molecule has 2 saturated carbocycles. The van der Waals surface area contributed by atoms with E-state index in [4.69, 9.17) is 14.2 Å². The number of carbonyl (C=O) groups excluding carboxylic acids is 1. The van der Waals surface area contributed by atoms with Crippen molar-refractivity contribution in [1.82, 2.24) is 14.8 Å². The van der Waals surface area contributed by atoms with E-state index in [1.54, 1.807) is 7.11 Å². The van der Waals surface area contributed by atoms with Gasteiger partial charge in [-0.05, 0) is 85.0 Å². The number of carbonyl (C=O) groups is 1. The normalized spacial score (nSPS) is 26.8. The number of aryl methyl sites for hydroxylation is 2. The number of methoxy groups -OCH3 is 1. The van der Waals surface area contributed by atoms with Gasteiger partial charge in [-0.25, -0.2) is 0 Å². The van der Waals surface area contributed by atoms with E-state index in [0.29, 0.717) is 41.0 Å². The molecule has 2 aliphatic heterocycles. The third-order valence-electron chi connectivity index (χ3n) is 9.81. The maximum absolute atomic E-state index is 14.1. The molecule has 0 saturated heterocycles. The van der Waals surface area contributed by atoms with Crippen LogP contribution in [0.5, 0.6) is 17.2 Å². The lowest BCUT2D eigenvalue weighted by Crippen LogP contribution is -2.46. The summed E-state index contributed by atoms with van der Waals surface area (Å²) in [6, 6.07) is 2.55. The van der Waals surface area contributed by atoms with Gasteiger partial charge < -0.3 is 29.0 Å². The van der Waals surface area contributed by atoms with Gasteiger partial charge in [-0.1, -0.05) is 0 Å². The molecule has 0 unspecified atom stereocenters. The van der Waals surface area contributed by atoms with Crippen LogP contribution in [0.3, 0.4) is 0 Å². The van der Waals surface area contributed by atoms with Crippen LogP contribution in [0.15, 0.2) is 10.9 Å². The molecule has 0 bridgehead atoms. The average molecular weight is 536 g/mol. The lowest BCUT2D eigenvalue weighted by Gasteiger charge is -2.39. The highest BCUT2D eigenvalue weighted by atomic mass is 16.7. The van der Waals surface area contributed by atoms with E-state index in [2.05, 4.69) is 24.0 Å². The van der Waals surface area contributed by atoms with E-state index >= 15 is 0 Å². The summed E-state index contributed by atoms with van der Waals surface area (Å²) in [6.45, 7) is 8.67. The van der Waals surface area contributed by atoms with Crippen LogP contribution in [-0.4, -0.2) is 60.3 Å². The van der Waals surface area contributed by atoms with Gasteiger partial charge in [-0.3, -0.25) is 9.59 Å². The van der Waals surface area contributed by atoms with Crippen molar-refractivity contribution in [1.29, 1.82) is 0 Å². The van der Waals surface area contributed by atoms with Gasteiger partial charge in [0.1, 0.15) is 0 Å². The Morgan fingerprint density at radius 2 is 1.74 bits per heavy atom. The second-order valence-corrected chi connectivity index (χ2v) is 12.6. The highest BCUT2D eigenvalue weighted by Crippen LogP contribution is 2.62. The Balaban J connectivity index is 1.37. The van der Waals surface area contributed by atoms with Gasteiger partial charge in [-0.15, -0.1) is 0 Å². The van der Waals surface area contributed by atoms with Crippen LogP contribution in [0.2, 0.25) is 0 Å². The fraction of sp³-hybridized carbons (Fsp3) is 0.613. The van der Waals surface area contributed by atoms with Crippen LogP contribution in [0.1, 0.15) is 83.8 Å². The van der Waals surface area contributed by atoms with Gasteiger partial charge >= 0.3 is 0 Å². The van der Waals surface area contributed by atoms with Gasteiger partial charge in [-0.2, -0.15) is 0 Å². The Morgan fingerprint density at radius 3 is 2.33 bits per heavy atom. The highest BCUT2D eigenvalue weighted by Gasteiger charge is 2.57. The van der Waals surface area contributed by atoms with E-state index in [-0.39, 0.29) is 29.3 Å². The molecule has 1 aromatic heterocycles. The summed E-state index contributed by atoms with van der Waals surface area (Å²) in [4.78, 5) is 34.0. The predicted octanol–water partition coefficient (Wildman–Crippen LogP) is 4.60. The molecule has 1 atom stereocenters. The number of nitrogens with one attached hydrogen (secondary N) is 1. The Labute approximate surface area is 230 Å². The third-order valence-corrected chi connectivity index (χ3v) is 9.81. The van der Waals surface area contributed by atoms with Crippen LogP contribution in [0.25, 0.3) is 0 Å². The maximum Gasteiger partial charge on any atom is 0.255 e. The zero-order chi connectivity index (χ0) is 27.9. The molecule has 3 heterocycles. The summed E-state index contributed by atoms with van der Waals surface area (Å²) in [7, 11) is 5.96. The number of rotatable bonds is 5. The van der Waals surface area contributed by atoms with Crippen LogP contribution in [0.4, 0.5) is 0 Å². The number of nitrogens with zero attached hydrogens (tertiary/aromatic N) is 2. The molecule has 2 aromatic rings. The molecule has 39 heavy (non-hydrogen) atoms. The van der Waals surface area contributed by atoms with Crippen molar-refractivity contribution < 1.29 is 19.0 Å². The Bertz CT molecular complexity index is 1400. The van der Waals surface area contributed by atoms with Gasteiger partial charge in [0, 0.05) is 53.2 Å². The van der Waals surface area contributed by atoms with E-state index in [1.807, 2.05) is 38.7 Å². The second kappa shape index (κ2) is 9.01. The second-order valence-electron chi connectivity index (χ2n) is 12.6. The first-order valence-electron chi connectivity index (χ1n) is 14.3. The third kappa shape index (κ3) is 4.05. The predicted molar refractivity (Wildman–Crippen MR) is 149 cm³/mol. The lowest BCUT2D eigenvalue weighted by atomic mass is 9.81. The number of hydrogen-bond donors (Lipinski definition) is 1. The van der Waals surface area contributed by atoms with Crippen molar-refractivity contribution in [3.8, 4) is 17.2 Å². The molecule has 4 aliphatic rings. The summed E-state index contributed by atoms with van der Waals surface area (Å²) in [5, 5.41) is 0. The van der Waals surface area contributed by atoms with Gasteiger partial charge in [0.05, 0.1) is 19.2 Å². The van der Waals surface area contributed by atoms with Crippen molar-refractivity contribution in [3.05, 3.63) is 49.9 Å². The summed E-state index contributed by atoms with van der Waals surface area (Å²) in [5.41, 5.74) is 4.46. The monoisotopic (exact) mass is 535 g/mol. The molecule has 1 N–H and O–H groups in total. The quantitative estimate of drug-likeness (QED) is 0.602. The molecule has 2 aliphatic carbocycles. The van der Waals surface area contributed by atoms with Crippen molar-refractivity contribution in [3.63, 3.8) is 0 Å². The van der Waals surface area contributed by atoms with Crippen LogP contribution >= 0.6 is 0 Å². The molecular formula is C31H41N3O5. The molecule has 1 aromatic carbocycles. The van der Waals surface area contributed by atoms with Crippen molar-refractivity contribution >= 4 is 5.91 Å². The molecule has 1 amide bonds. The Morgan fingerprint density at radius 1 is 1.08 bits per heavy atom. The number of H-pyrrole nitrogens is 1. The SMILES string of the molecule is COc1c2c(c(C)c3c1C1(CC1)CN(Cc1c(C)cc(C)[nH]c1=O)C3=O)O[C@@](C)(C1CCC(N(C)C)CC1)O2. The van der Waals surface area contributed by atoms with Crippen molar-refractivity contribution in [2.45, 2.75) is 90.0 Å². The van der Waals surface area contributed by atoms with E-state index in [1.165, 1.54) is 0 Å². The highest BCUT2D eigenvalue weighted by molar-refractivity contribution is 6.01. The lowest BCUT2D eigenvalue weighted by molar-refractivity contribution is -0.123. The number of aromatic amines is 1. The summed E-state index contributed by atoms with van der Waals surface area (Å²) < 4.78 is 19.4. The number of aromatic nitrogens is 1. The molecule has 6 rings (SSSR count). The van der Waals surface area contributed by atoms with Crippen molar-refractivity contribution in [2.75, 3.05) is 27.7 Å².